The third-order valence-corrected chi connectivity index (χ3v) is 6.85. The first kappa shape index (κ1) is 23.7. The summed E-state index contributed by atoms with van der Waals surface area (Å²) in [5.74, 6) is -0.315. The second kappa shape index (κ2) is 10.6. The lowest BCUT2D eigenvalue weighted by Gasteiger charge is -2.31. The maximum atomic E-state index is 12.9. The fraction of sp³-hybridized carbons (Fsp3) is 0.391. The van der Waals surface area contributed by atoms with Crippen LogP contribution in [0.25, 0.3) is 0 Å². The molecule has 1 aliphatic heterocycles. The predicted molar refractivity (Wildman–Crippen MR) is 122 cm³/mol. The smallest absolute Gasteiger partial charge is 0.261 e. The minimum atomic E-state index is -3.75. The van der Waals surface area contributed by atoms with Gasteiger partial charge in [0.15, 0.2) is 0 Å². The van der Waals surface area contributed by atoms with Gasteiger partial charge in [-0.1, -0.05) is 23.8 Å². The van der Waals surface area contributed by atoms with Crippen LogP contribution in [0.4, 0.5) is 5.69 Å². The first-order chi connectivity index (χ1) is 15.3. The molecule has 32 heavy (non-hydrogen) atoms. The van der Waals surface area contributed by atoms with Gasteiger partial charge in [0, 0.05) is 43.9 Å². The molecule has 1 aliphatic rings. The van der Waals surface area contributed by atoms with Gasteiger partial charge in [0.05, 0.1) is 11.5 Å². The van der Waals surface area contributed by atoms with Crippen molar-refractivity contribution >= 4 is 27.5 Å². The highest BCUT2D eigenvalue weighted by molar-refractivity contribution is 7.92. The van der Waals surface area contributed by atoms with Crippen molar-refractivity contribution in [2.24, 2.45) is 5.92 Å². The Balaban J connectivity index is 1.61. The van der Waals surface area contributed by atoms with E-state index in [-0.39, 0.29) is 22.6 Å². The minimum absolute atomic E-state index is 0.0124. The summed E-state index contributed by atoms with van der Waals surface area (Å²) in [5, 5.41) is 2.84. The zero-order valence-electron chi connectivity index (χ0n) is 18.3. The molecule has 2 N–H and O–H groups in total. The SMILES string of the molecule is COCCNC(=O)C1CCN(C(=O)c2cccc(NS(=O)(=O)c3ccc(C)cc3)c2)CC1. The van der Waals surface area contributed by atoms with Crippen molar-refractivity contribution in [3.8, 4) is 0 Å². The highest BCUT2D eigenvalue weighted by Gasteiger charge is 2.28. The molecule has 8 nitrogen and oxygen atoms in total. The van der Waals surface area contributed by atoms with E-state index >= 15 is 0 Å². The molecule has 3 rings (SSSR count). The number of anilines is 1. The standard InChI is InChI=1S/C23H29N3O5S/c1-17-6-8-21(9-7-17)32(29,30)25-20-5-3-4-19(16-20)23(28)26-13-10-18(11-14-26)22(27)24-12-15-31-2/h3-9,16,18,25H,10-15H2,1-2H3,(H,24,27). The van der Waals surface area contributed by atoms with Crippen LogP contribution in [0.15, 0.2) is 53.4 Å². The van der Waals surface area contributed by atoms with Crippen LogP contribution in [0.1, 0.15) is 28.8 Å². The number of carbonyl (C=O) groups excluding carboxylic acids is 2. The number of nitrogens with zero attached hydrogens (tertiary/aromatic N) is 1. The first-order valence-electron chi connectivity index (χ1n) is 10.6. The van der Waals surface area contributed by atoms with Gasteiger partial charge in [0.2, 0.25) is 5.91 Å². The number of likely N-dealkylation sites (tertiary alicyclic amines) is 1. The summed E-state index contributed by atoms with van der Waals surface area (Å²) in [6.07, 6.45) is 1.18. The van der Waals surface area contributed by atoms with E-state index < -0.39 is 10.0 Å². The van der Waals surface area contributed by atoms with Gasteiger partial charge in [0.25, 0.3) is 15.9 Å². The summed E-state index contributed by atoms with van der Waals surface area (Å²) in [7, 11) is -2.17. The van der Waals surface area contributed by atoms with E-state index in [2.05, 4.69) is 10.0 Å². The average Bonchev–Trinajstić information content (AvgIpc) is 2.79. The summed E-state index contributed by atoms with van der Waals surface area (Å²) in [6, 6.07) is 13.0. The Bertz CT molecular complexity index is 1050. The molecule has 9 heteroatoms. The van der Waals surface area contributed by atoms with Crippen LogP contribution in [0, 0.1) is 12.8 Å². The fourth-order valence-electron chi connectivity index (χ4n) is 3.60. The number of nitrogens with one attached hydrogen (secondary N) is 2. The molecule has 0 bridgehead atoms. The number of benzene rings is 2. The van der Waals surface area contributed by atoms with Crippen LogP contribution in [-0.4, -0.2) is 58.5 Å². The summed E-state index contributed by atoms with van der Waals surface area (Å²) < 4.78 is 32.7. The number of sulfonamides is 1. The van der Waals surface area contributed by atoms with Gasteiger partial charge >= 0.3 is 0 Å². The molecule has 0 spiro atoms. The van der Waals surface area contributed by atoms with Crippen LogP contribution < -0.4 is 10.0 Å². The molecule has 2 aromatic carbocycles. The highest BCUT2D eigenvalue weighted by Crippen LogP contribution is 2.22. The minimum Gasteiger partial charge on any atom is -0.383 e. The Kier molecular flexibility index (Phi) is 7.87. The summed E-state index contributed by atoms with van der Waals surface area (Å²) >= 11 is 0. The lowest BCUT2D eigenvalue weighted by atomic mass is 9.95. The van der Waals surface area contributed by atoms with E-state index in [0.29, 0.717) is 50.3 Å². The van der Waals surface area contributed by atoms with Crippen molar-refractivity contribution in [3.05, 3.63) is 59.7 Å². The maximum absolute atomic E-state index is 12.9. The number of ether oxygens (including phenoxy) is 1. The molecule has 172 valence electrons. The third kappa shape index (κ3) is 6.08. The van der Waals surface area contributed by atoms with Crippen molar-refractivity contribution in [1.82, 2.24) is 10.2 Å². The Morgan fingerprint density at radius 3 is 2.44 bits per heavy atom. The Morgan fingerprint density at radius 2 is 1.78 bits per heavy atom. The topological polar surface area (TPSA) is 105 Å². The van der Waals surface area contributed by atoms with Gasteiger partial charge in [-0.2, -0.15) is 0 Å². The monoisotopic (exact) mass is 459 g/mol. The van der Waals surface area contributed by atoms with Crippen molar-refractivity contribution in [2.75, 3.05) is 38.1 Å². The predicted octanol–water partition coefficient (Wildman–Crippen LogP) is 2.41. The van der Waals surface area contributed by atoms with Crippen LogP contribution >= 0.6 is 0 Å². The highest BCUT2D eigenvalue weighted by atomic mass is 32.2. The largest absolute Gasteiger partial charge is 0.383 e. The van der Waals surface area contributed by atoms with Gasteiger partial charge in [-0.25, -0.2) is 8.42 Å². The van der Waals surface area contributed by atoms with E-state index in [4.69, 9.17) is 4.74 Å². The molecular weight excluding hydrogens is 430 g/mol. The normalized spacial score (nSPS) is 14.8. The fourth-order valence-corrected chi connectivity index (χ4v) is 4.64. The van der Waals surface area contributed by atoms with Crippen LogP contribution in [0.2, 0.25) is 0 Å². The van der Waals surface area contributed by atoms with Crippen molar-refractivity contribution < 1.29 is 22.7 Å². The van der Waals surface area contributed by atoms with Gasteiger partial charge in [-0.05, 0) is 50.1 Å². The number of hydrogen-bond donors (Lipinski definition) is 2. The molecule has 0 radical (unpaired) electrons. The molecule has 0 unspecified atom stereocenters. The van der Waals surface area contributed by atoms with Crippen molar-refractivity contribution in [3.63, 3.8) is 0 Å². The summed E-state index contributed by atoms with van der Waals surface area (Å²) in [4.78, 5) is 27.0. The number of methoxy groups -OCH3 is 1. The number of carbonyl (C=O) groups is 2. The number of rotatable bonds is 8. The van der Waals surface area contributed by atoms with Gasteiger partial charge in [0.1, 0.15) is 0 Å². The summed E-state index contributed by atoms with van der Waals surface area (Å²) in [6.45, 7) is 3.77. The molecular formula is C23H29N3O5S. The summed E-state index contributed by atoms with van der Waals surface area (Å²) in [5.41, 5.74) is 1.69. The van der Waals surface area contributed by atoms with Crippen molar-refractivity contribution in [2.45, 2.75) is 24.7 Å². The second-order valence-corrected chi connectivity index (χ2v) is 9.53. The molecule has 1 heterocycles. The second-order valence-electron chi connectivity index (χ2n) is 7.85. The molecule has 0 aromatic heterocycles. The van der Waals surface area contributed by atoms with E-state index in [9.17, 15) is 18.0 Å². The zero-order chi connectivity index (χ0) is 23.1. The lowest BCUT2D eigenvalue weighted by molar-refractivity contribution is -0.126. The van der Waals surface area contributed by atoms with Crippen LogP contribution in [0.3, 0.4) is 0 Å². The van der Waals surface area contributed by atoms with Crippen molar-refractivity contribution in [1.29, 1.82) is 0 Å². The van der Waals surface area contributed by atoms with Gasteiger partial charge in [-0.3, -0.25) is 14.3 Å². The number of amides is 2. The number of hydrogen-bond acceptors (Lipinski definition) is 5. The van der Waals surface area contributed by atoms with E-state index in [0.717, 1.165) is 5.56 Å². The molecule has 1 fully saturated rings. The third-order valence-electron chi connectivity index (χ3n) is 5.45. The zero-order valence-corrected chi connectivity index (χ0v) is 19.2. The molecule has 0 atom stereocenters. The first-order valence-corrected chi connectivity index (χ1v) is 12.0. The Hall–Kier alpha value is -2.91. The van der Waals surface area contributed by atoms with Crippen LogP contribution in [-0.2, 0) is 19.6 Å². The molecule has 2 amide bonds. The maximum Gasteiger partial charge on any atom is 0.261 e. The quantitative estimate of drug-likeness (QED) is 0.590. The molecule has 2 aromatic rings. The molecule has 0 saturated carbocycles. The molecule has 1 saturated heterocycles. The average molecular weight is 460 g/mol. The Morgan fingerprint density at radius 1 is 1.09 bits per heavy atom. The van der Waals surface area contributed by atoms with Crippen LogP contribution in [0.5, 0.6) is 0 Å². The van der Waals surface area contributed by atoms with E-state index in [1.165, 1.54) is 6.07 Å². The van der Waals surface area contributed by atoms with E-state index in [1.807, 2.05) is 6.92 Å². The lowest BCUT2D eigenvalue weighted by Crippen LogP contribution is -2.43. The van der Waals surface area contributed by atoms with E-state index in [1.54, 1.807) is 54.5 Å². The molecule has 0 aliphatic carbocycles. The van der Waals surface area contributed by atoms with Gasteiger partial charge < -0.3 is 15.0 Å². The number of aryl methyl sites for hydroxylation is 1. The van der Waals surface area contributed by atoms with Gasteiger partial charge in [-0.15, -0.1) is 0 Å². The number of piperidine rings is 1. The Labute approximate surface area is 189 Å².